The molecule has 1 heterocycles. The Bertz CT molecular complexity index is 771. The number of nitrogens with one attached hydrogen (secondary N) is 1. The van der Waals surface area contributed by atoms with Gasteiger partial charge in [0.15, 0.2) is 0 Å². The zero-order chi connectivity index (χ0) is 22.2. The van der Waals surface area contributed by atoms with Crippen LogP contribution < -0.4 is 5.32 Å². The van der Waals surface area contributed by atoms with Gasteiger partial charge in [0, 0.05) is 18.5 Å². The number of carbonyl (C=O) groups is 2. The van der Waals surface area contributed by atoms with Gasteiger partial charge in [0.2, 0.25) is 0 Å². The van der Waals surface area contributed by atoms with Crippen LogP contribution in [0.15, 0.2) is 30.3 Å². The van der Waals surface area contributed by atoms with Gasteiger partial charge in [-0.25, -0.2) is 14.0 Å². The highest BCUT2D eigenvalue weighted by Gasteiger charge is 2.64. The lowest BCUT2D eigenvalue weighted by molar-refractivity contribution is -0.00897. The van der Waals surface area contributed by atoms with Crippen LogP contribution in [0.2, 0.25) is 0 Å². The highest BCUT2D eigenvalue weighted by molar-refractivity contribution is 5.70. The molecule has 30 heavy (non-hydrogen) atoms. The molecule has 1 aliphatic heterocycles. The molecule has 2 aliphatic rings. The van der Waals surface area contributed by atoms with Crippen LogP contribution in [-0.2, 0) is 11.2 Å². The van der Waals surface area contributed by atoms with Gasteiger partial charge in [0.1, 0.15) is 11.8 Å². The summed E-state index contributed by atoms with van der Waals surface area (Å²) in [5.41, 5.74) is -1.45. The maximum absolute atomic E-state index is 16.0. The van der Waals surface area contributed by atoms with Crippen LogP contribution in [0.5, 0.6) is 0 Å². The first-order chi connectivity index (χ1) is 14.0. The minimum atomic E-state index is -1.26. The highest BCUT2D eigenvalue weighted by atomic mass is 19.1. The van der Waals surface area contributed by atoms with E-state index in [0.717, 1.165) is 5.56 Å². The van der Waals surface area contributed by atoms with E-state index in [1.54, 1.807) is 20.8 Å². The molecule has 3 rings (SSSR count). The van der Waals surface area contributed by atoms with Crippen LogP contribution in [0.25, 0.3) is 0 Å². The molecule has 2 amide bonds. The zero-order valence-electron chi connectivity index (χ0n) is 18.3. The van der Waals surface area contributed by atoms with Crippen molar-refractivity contribution in [3.63, 3.8) is 0 Å². The molecule has 1 saturated heterocycles. The molecule has 0 radical (unpaired) electrons. The predicted molar refractivity (Wildman–Crippen MR) is 112 cm³/mol. The largest absolute Gasteiger partial charge is 0.465 e. The fourth-order valence-corrected chi connectivity index (χ4v) is 5.39. The fourth-order valence-electron chi connectivity index (χ4n) is 5.39. The SMILES string of the molecule is C[C@@H]1CC2(CCN(C(=O)O)CC2)[C@@](Cc2ccccc2)(NC(=O)OC(C)(C)C)[C@H]1F. The summed E-state index contributed by atoms with van der Waals surface area (Å²) in [4.78, 5) is 25.7. The summed E-state index contributed by atoms with van der Waals surface area (Å²) < 4.78 is 21.5. The number of alkyl halides is 1. The maximum atomic E-state index is 16.0. The van der Waals surface area contributed by atoms with E-state index < -0.39 is 34.9 Å². The predicted octanol–water partition coefficient (Wildman–Crippen LogP) is 4.63. The number of amides is 2. The van der Waals surface area contributed by atoms with Gasteiger partial charge in [-0.05, 0) is 57.9 Å². The van der Waals surface area contributed by atoms with Crippen molar-refractivity contribution in [2.45, 2.75) is 70.7 Å². The van der Waals surface area contributed by atoms with E-state index in [0.29, 0.717) is 38.8 Å². The van der Waals surface area contributed by atoms with Crippen LogP contribution >= 0.6 is 0 Å². The maximum Gasteiger partial charge on any atom is 0.408 e. The van der Waals surface area contributed by atoms with Crippen LogP contribution in [0.3, 0.4) is 0 Å². The standard InChI is InChI=1S/C23H33FN2O4/c1-16-14-22(10-12-26(13-11-22)20(28)29)23(18(16)24,15-17-8-6-5-7-9-17)25-19(27)30-21(2,3)4/h5-9,16,18H,10-15H2,1-4H3,(H,25,27)(H,28,29)/t16-,18+,23+/m1/s1. The van der Waals surface area contributed by atoms with Gasteiger partial charge in [-0.15, -0.1) is 0 Å². The number of piperidine rings is 1. The average molecular weight is 421 g/mol. The first-order valence-electron chi connectivity index (χ1n) is 10.7. The molecule has 2 fully saturated rings. The van der Waals surface area contributed by atoms with E-state index in [1.807, 2.05) is 37.3 Å². The van der Waals surface area contributed by atoms with Crippen molar-refractivity contribution >= 4 is 12.2 Å². The summed E-state index contributed by atoms with van der Waals surface area (Å²) in [5.74, 6) is -0.250. The summed E-state index contributed by atoms with van der Waals surface area (Å²) in [7, 11) is 0. The lowest BCUT2D eigenvalue weighted by Gasteiger charge is -2.51. The Hall–Kier alpha value is -2.31. The molecule has 0 aromatic heterocycles. The Kier molecular flexibility index (Phi) is 6.03. The van der Waals surface area contributed by atoms with Gasteiger partial charge in [0.05, 0.1) is 5.54 Å². The summed E-state index contributed by atoms with van der Waals surface area (Å²) >= 11 is 0. The summed E-state index contributed by atoms with van der Waals surface area (Å²) in [6, 6.07) is 9.59. The topological polar surface area (TPSA) is 78.9 Å². The molecule has 1 aromatic carbocycles. The van der Waals surface area contributed by atoms with Gasteiger partial charge in [-0.3, -0.25) is 0 Å². The van der Waals surface area contributed by atoms with E-state index in [-0.39, 0.29) is 5.92 Å². The van der Waals surface area contributed by atoms with E-state index in [2.05, 4.69) is 5.32 Å². The average Bonchev–Trinajstić information content (AvgIpc) is 2.83. The number of ether oxygens (including phenoxy) is 1. The Morgan fingerprint density at radius 1 is 1.23 bits per heavy atom. The number of halogens is 1. The molecule has 7 heteroatoms. The molecule has 2 N–H and O–H groups in total. The van der Waals surface area contributed by atoms with Gasteiger partial charge in [-0.2, -0.15) is 0 Å². The van der Waals surface area contributed by atoms with Crippen LogP contribution in [0, 0.1) is 11.3 Å². The minimum Gasteiger partial charge on any atom is -0.465 e. The number of hydrogen-bond donors (Lipinski definition) is 2. The van der Waals surface area contributed by atoms with Crippen molar-refractivity contribution in [3.05, 3.63) is 35.9 Å². The monoisotopic (exact) mass is 420 g/mol. The van der Waals surface area contributed by atoms with Gasteiger partial charge < -0.3 is 20.1 Å². The minimum absolute atomic E-state index is 0.250. The lowest BCUT2D eigenvalue weighted by Crippen LogP contribution is -2.66. The molecule has 6 nitrogen and oxygen atoms in total. The number of rotatable bonds is 3. The quantitative estimate of drug-likeness (QED) is 0.747. The highest BCUT2D eigenvalue weighted by Crippen LogP contribution is 2.57. The van der Waals surface area contributed by atoms with Gasteiger partial charge in [0.25, 0.3) is 0 Å². The van der Waals surface area contributed by atoms with Crippen LogP contribution in [-0.4, -0.2) is 52.6 Å². The van der Waals surface area contributed by atoms with E-state index in [1.165, 1.54) is 4.90 Å². The molecule has 1 spiro atoms. The first-order valence-corrected chi connectivity index (χ1v) is 10.7. The Morgan fingerprint density at radius 3 is 2.37 bits per heavy atom. The van der Waals surface area contributed by atoms with E-state index in [9.17, 15) is 14.7 Å². The second kappa shape index (κ2) is 8.08. The molecule has 0 bridgehead atoms. The smallest absolute Gasteiger partial charge is 0.408 e. The Morgan fingerprint density at radius 2 is 1.83 bits per heavy atom. The number of nitrogens with zero attached hydrogens (tertiary/aromatic N) is 1. The zero-order valence-corrected chi connectivity index (χ0v) is 18.3. The van der Waals surface area contributed by atoms with Crippen molar-refractivity contribution in [2.75, 3.05) is 13.1 Å². The van der Waals surface area contributed by atoms with E-state index >= 15 is 4.39 Å². The normalized spacial score (nSPS) is 28.4. The van der Waals surface area contributed by atoms with Crippen molar-refractivity contribution in [1.82, 2.24) is 10.2 Å². The molecule has 1 aromatic rings. The van der Waals surface area contributed by atoms with Crippen LogP contribution in [0.1, 0.15) is 52.5 Å². The Labute approximate surface area is 177 Å². The third kappa shape index (κ3) is 4.25. The molecular formula is C23H33FN2O4. The molecule has 1 saturated carbocycles. The summed E-state index contributed by atoms with van der Waals surface area (Å²) in [5, 5.41) is 12.4. The number of alkyl carbamates (subject to hydrolysis) is 1. The number of likely N-dealkylation sites (tertiary alicyclic amines) is 1. The third-order valence-corrected chi connectivity index (χ3v) is 6.67. The number of carbonyl (C=O) groups excluding carboxylic acids is 1. The second-order valence-electron chi connectivity index (χ2n) is 9.89. The van der Waals surface area contributed by atoms with Crippen molar-refractivity contribution in [2.24, 2.45) is 11.3 Å². The van der Waals surface area contributed by atoms with Gasteiger partial charge in [-0.1, -0.05) is 37.3 Å². The second-order valence-corrected chi connectivity index (χ2v) is 9.89. The number of hydrogen-bond acceptors (Lipinski definition) is 3. The van der Waals surface area contributed by atoms with Crippen molar-refractivity contribution in [3.8, 4) is 0 Å². The van der Waals surface area contributed by atoms with Gasteiger partial charge >= 0.3 is 12.2 Å². The van der Waals surface area contributed by atoms with E-state index in [4.69, 9.17) is 4.74 Å². The molecule has 166 valence electrons. The molecule has 0 unspecified atom stereocenters. The Balaban J connectivity index is 2.00. The summed E-state index contributed by atoms with van der Waals surface area (Å²) in [6.45, 7) is 7.88. The molecule has 1 aliphatic carbocycles. The molecular weight excluding hydrogens is 387 g/mol. The number of benzene rings is 1. The lowest BCUT2D eigenvalue weighted by atomic mass is 9.63. The molecule has 3 atom stereocenters. The number of carboxylic acid groups (broad SMARTS) is 1. The first kappa shape index (κ1) is 22.4. The van der Waals surface area contributed by atoms with Crippen molar-refractivity contribution < 1.29 is 23.8 Å². The summed E-state index contributed by atoms with van der Waals surface area (Å²) in [6.07, 6.45) is -0.895. The van der Waals surface area contributed by atoms with Crippen LogP contribution in [0.4, 0.5) is 14.0 Å². The van der Waals surface area contributed by atoms with Crippen molar-refractivity contribution in [1.29, 1.82) is 0 Å². The third-order valence-electron chi connectivity index (χ3n) is 6.67. The fraction of sp³-hybridized carbons (Fsp3) is 0.652.